The van der Waals surface area contributed by atoms with Crippen LogP contribution in [0.2, 0.25) is 10.0 Å². The van der Waals surface area contributed by atoms with Crippen molar-refractivity contribution < 1.29 is 14.6 Å². The first-order chi connectivity index (χ1) is 11.0. The number of aromatic nitrogens is 2. The van der Waals surface area contributed by atoms with E-state index in [9.17, 15) is 9.90 Å². The number of hydrogen-bond acceptors (Lipinski definition) is 5. The molecule has 1 aromatic carbocycles. The number of aryl methyl sites for hydroxylation is 1. The molecule has 0 saturated carbocycles. The van der Waals surface area contributed by atoms with Crippen molar-refractivity contribution in [2.45, 2.75) is 13.0 Å². The normalized spacial score (nSPS) is 11.8. The third-order valence-electron chi connectivity index (χ3n) is 2.86. The summed E-state index contributed by atoms with van der Waals surface area (Å²) in [4.78, 5) is 19.8. The lowest BCUT2D eigenvalue weighted by atomic mass is 10.3. The number of amides is 1. The fraction of sp³-hybridized carbons (Fsp3) is 0.267. The number of rotatable bonds is 6. The minimum absolute atomic E-state index is 0.00652. The molecule has 1 amide bonds. The van der Waals surface area contributed by atoms with Crippen molar-refractivity contribution in [2.24, 2.45) is 0 Å². The zero-order chi connectivity index (χ0) is 16.8. The average Bonchev–Trinajstić information content (AvgIpc) is 2.54. The molecule has 6 nitrogen and oxygen atoms in total. The van der Waals surface area contributed by atoms with Gasteiger partial charge in [-0.05, 0) is 19.1 Å². The molecule has 0 spiro atoms. The Bertz CT molecular complexity index is 680. The maximum atomic E-state index is 11.8. The van der Waals surface area contributed by atoms with E-state index in [2.05, 4.69) is 15.3 Å². The molecule has 2 N–H and O–H groups in total. The summed E-state index contributed by atoms with van der Waals surface area (Å²) in [6.07, 6.45) is 1.96. The molecular weight excluding hydrogens is 341 g/mol. The van der Waals surface area contributed by atoms with Crippen molar-refractivity contribution >= 4 is 29.1 Å². The molecule has 0 saturated heterocycles. The van der Waals surface area contributed by atoms with Crippen LogP contribution in [0, 0.1) is 6.92 Å². The monoisotopic (exact) mass is 355 g/mol. The molecule has 23 heavy (non-hydrogen) atoms. The summed E-state index contributed by atoms with van der Waals surface area (Å²) in [5.41, 5.74) is 0.898. The van der Waals surface area contributed by atoms with Gasteiger partial charge >= 0.3 is 0 Å². The third-order valence-corrected chi connectivity index (χ3v) is 3.66. The number of nitrogens with zero attached hydrogens (tertiary/aromatic N) is 2. The first-order valence-corrected chi connectivity index (χ1v) is 7.54. The number of hydrogen-bond donors (Lipinski definition) is 2. The van der Waals surface area contributed by atoms with E-state index in [1.54, 1.807) is 25.1 Å². The molecule has 0 unspecified atom stereocenters. The van der Waals surface area contributed by atoms with Gasteiger partial charge in [-0.1, -0.05) is 29.3 Å². The first kappa shape index (κ1) is 17.5. The van der Waals surface area contributed by atoms with Gasteiger partial charge in [-0.2, -0.15) is 0 Å². The summed E-state index contributed by atoms with van der Waals surface area (Å²) >= 11 is 11.8. The summed E-state index contributed by atoms with van der Waals surface area (Å²) in [5.74, 6) is -0.0497. The van der Waals surface area contributed by atoms with E-state index in [0.29, 0.717) is 16.5 Å². The first-order valence-electron chi connectivity index (χ1n) is 6.79. The molecular formula is C15H15Cl2N3O3. The fourth-order valence-corrected chi connectivity index (χ4v) is 2.00. The van der Waals surface area contributed by atoms with E-state index in [0.717, 1.165) is 0 Å². The Kier molecular flexibility index (Phi) is 6.15. The summed E-state index contributed by atoms with van der Waals surface area (Å²) in [7, 11) is 0. The Balaban J connectivity index is 1.81. The predicted molar refractivity (Wildman–Crippen MR) is 87.1 cm³/mol. The van der Waals surface area contributed by atoms with Crippen LogP contribution in [-0.2, 0) is 0 Å². The van der Waals surface area contributed by atoms with Crippen LogP contribution in [0.1, 0.15) is 16.2 Å². The highest BCUT2D eigenvalue weighted by Gasteiger charge is 2.12. The van der Waals surface area contributed by atoms with E-state index >= 15 is 0 Å². The summed E-state index contributed by atoms with van der Waals surface area (Å²) in [5, 5.41) is 13.1. The van der Waals surface area contributed by atoms with E-state index in [1.165, 1.54) is 12.4 Å². The van der Waals surface area contributed by atoms with Crippen molar-refractivity contribution in [2.75, 3.05) is 13.2 Å². The smallest absolute Gasteiger partial charge is 0.271 e. The molecule has 2 rings (SSSR count). The van der Waals surface area contributed by atoms with Gasteiger partial charge in [0.15, 0.2) is 0 Å². The Morgan fingerprint density at radius 1 is 1.35 bits per heavy atom. The van der Waals surface area contributed by atoms with E-state index < -0.39 is 12.0 Å². The number of aliphatic hydroxyl groups excluding tert-OH is 1. The number of ether oxygens (including phenoxy) is 1. The van der Waals surface area contributed by atoms with Gasteiger partial charge in [-0.25, -0.2) is 4.98 Å². The van der Waals surface area contributed by atoms with Crippen molar-refractivity contribution in [3.05, 3.63) is 52.0 Å². The van der Waals surface area contributed by atoms with Gasteiger partial charge in [-0.3, -0.25) is 9.78 Å². The quantitative estimate of drug-likeness (QED) is 0.830. The number of halogens is 2. The van der Waals surface area contributed by atoms with Crippen LogP contribution in [0.25, 0.3) is 0 Å². The molecule has 0 fully saturated rings. The van der Waals surface area contributed by atoms with Crippen molar-refractivity contribution in [1.82, 2.24) is 15.3 Å². The molecule has 0 aliphatic carbocycles. The third kappa shape index (κ3) is 5.06. The Morgan fingerprint density at radius 3 is 2.83 bits per heavy atom. The largest absolute Gasteiger partial charge is 0.489 e. The summed E-state index contributed by atoms with van der Waals surface area (Å²) in [6, 6.07) is 4.96. The Morgan fingerprint density at radius 2 is 2.13 bits per heavy atom. The molecule has 0 aliphatic heterocycles. The number of nitrogens with one attached hydrogen (secondary N) is 1. The standard InChI is InChI=1S/C15H15Cl2N3O3/c1-9-5-19-12(7-18-9)15(22)20-6-10(21)8-23-13-4-2-3-11(16)14(13)17/h2-5,7,10,21H,6,8H2,1H3,(H,20,22)/t10-/m0/s1. The van der Waals surface area contributed by atoms with Crippen LogP contribution >= 0.6 is 23.2 Å². The van der Waals surface area contributed by atoms with Gasteiger partial charge in [0, 0.05) is 12.7 Å². The van der Waals surface area contributed by atoms with E-state index in [1.807, 2.05) is 0 Å². The minimum Gasteiger partial charge on any atom is -0.489 e. The molecule has 1 aromatic heterocycles. The molecule has 2 aromatic rings. The van der Waals surface area contributed by atoms with Crippen LogP contribution in [-0.4, -0.2) is 40.2 Å². The van der Waals surface area contributed by atoms with Crippen LogP contribution < -0.4 is 10.1 Å². The molecule has 1 atom stereocenters. The minimum atomic E-state index is -0.910. The molecule has 122 valence electrons. The summed E-state index contributed by atoms with van der Waals surface area (Å²) < 4.78 is 5.39. The number of carbonyl (C=O) groups excluding carboxylic acids is 1. The zero-order valence-corrected chi connectivity index (χ0v) is 13.8. The number of carbonyl (C=O) groups is 1. The van der Waals surface area contributed by atoms with Crippen LogP contribution in [0.3, 0.4) is 0 Å². The second kappa shape index (κ2) is 8.10. The van der Waals surface area contributed by atoms with Crippen LogP contribution in [0.15, 0.2) is 30.6 Å². The van der Waals surface area contributed by atoms with Crippen LogP contribution in [0.5, 0.6) is 5.75 Å². The van der Waals surface area contributed by atoms with Crippen LogP contribution in [0.4, 0.5) is 0 Å². The molecule has 0 radical (unpaired) electrons. The van der Waals surface area contributed by atoms with E-state index in [4.69, 9.17) is 27.9 Å². The highest BCUT2D eigenvalue weighted by atomic mass is 35.5. The van der Waals surface area contributed by atoms with Gasteiger partial charge < -0.3 is 15.2 Å². The average molecular weight is 356 g/mol. The van der Waals surface area contributed by atoms with Gasteiger partial charge in [0.1, 0.15) is 29.2 Å². The maximum Gasteiger partial charge on any atom is 0.271 e. The highest BCUT2D eigenvalue weighted by molar-refractivity contribution is 6.42. The maximum absolute atomic E-state index is 11.8. The van der Waals surface area contributed by atoms with Crippen molar-refractivity contribution in [3.63, 3.8) is 0 Å². The second-order valence-electron chi connectivity index (χ2n) is 4.77. The SMILES string of the molecule is Cc1cnc(C(=O)NC[C@H](O)COc2cccc(Cl)c2Cl)cn1. The van der Waals surface area contributed by atoms with Crippen molar-refractivity contribution in [3.8, 4) is 5.75 Å². The van der Waals surface area contributed by atoms with Gasteiger partial charge in [0.25, 0.3) is 5.91 Å². The molecule has 0 aliphatic rings. The highest BCUT2D eigenvalue weighted by Crippen LogP contribution is 2.31. The molecule has 1 heterocycles. The lowest BCUT2D eigenvalue weighted by Crippen LogP contribution is -2.35. The number of aliphatic hydroxyl groups is 1. The number of benzene rings is 1. The van der Waals surface area contributed by atoms with Gasteiger partial charge in [0.2, 0.25) is 0 Å². The van der Waals surface area contributed by atoms with E-state index in [-0.39, 0.29) is 23.9 Å². The van der Waals surface area contributed by atoms with Gasteiger partial charge in [-0.15, -0.1) is 0 Å². The van der Waals surface area contributed by atoms with Gasteiger partial charge in [0.05, 0.1) is 16.9 Å². The topological polar surface area (TPSA) is 84.3 Å². The lowest BCUT2D eigenvalue weighted by molar-refractivity contribution is 0.0839. The second-order valence-corrected chi connectivity index (χ2v) is 5.55. The molecule has 8 heteroatoms. The van der Waals surface area contributed by atoms with Crippen molar-refractivity contribution in [1.29, 1.82) is 0 Å². The zero-order valence-electron chi connectivity index (χ0n) is 12.3. The Hall–Kier alpha value is -1.89. The lowest BCUT2D eigenvalue weighted by Gasteiger charge is -2.14. The summed E-state index contributed by atoms with van der Waals surface area (Å²) in [6.45, 7) is 1.74. The Labute approximate surface area is 143 Å². The predicted octanol–water partition coefficient (Wildman–Crippen LogP) is 2.26. The molecule has 0 bridgehead atoms. The fourth-order valence-electron chi connectivity index (χ4n) is 1.65.